The lowest BCUT2D eigenvalue weighted by molar-refractivity contribution is -0.120. The van der Waals surface area contributed by atoms with Crippen molar-refractivity contribution < 1.29 is 18.0 Å². The monoisotopic (exact) mass is 232 g/mol. The molecule has 1 amide bonds. The molecular weight excluding hydrogens is 221 g/mol. The van der Waals surface area contributed by atoms with Crippen molar-refractivity contribution in [3.8, 4) is 0 Å². The molecule has 0 saturated carbocycles. The SMILES string of the molecule is NCCNC(=O)Cc1ccc(F)c(F)c1F. The Morgan fingerprint density at radius 2 is 1.94 bits per heavy atom. The summed E-state index contributed by atoms with van der Waals surface area (Å²) in [6.45, 7) is 0.510. The maximum atomic E-state index is 13.1. The Morgan fingerprint density at radius 3 is 2.56 bits per heavy atom. The van der Waals surface area contributed by atoms with Crippen LogP contribution in [-0.4, -0.2) is 19.0 Å². The lowest BCUT2D eigenvalue weighted by Gasteiger charge is -2.05. The molecule has 0 heterocycles. The van der Waals surface area contributed by atoms with E-state index in [0.29, 0.717) is 0 Å². The molecule has 0 saturated heterocycles. The molecule has 1 rings (SSSR count). The smallest absolute Gasteiger partial charge is 0.224 e. The van der Waals surface area contributed by atoms with Gasteiger partial charge < -0.3 is 11.1 Å². The van der Waals surface area contributed by atoms with Gasteiger partial charge in [-0.1, -0.05) is 6.07 Å². The average molecular weight is 232 g/mol. The van der Waals surface area contributed by atoms with Gasteiger partial charge in [0.1, 0.15) is 0 Å². The molecule has 0 aliphatic heterocycles. The van der Waals surface area contributed by atoms with Crippen LogP contribution in [0.4, 0.5) is 13.2 Å². The van der Waals surface area contributed by atoms with E-state index in [-0.39, 0.29) is 25.1 Å². The van der Waals surface area contributed by atoms with Gasteiger partial charge in [0.2, 0.25) is 5.91 Å². The summed E-state index contributed by atoms with van der Waals surface area (Å²) in [5, 5.41) is 2.40. The molecule has 0 atom stereocenters. The molecule has 3 nitrogen and oxygen atoms in total. The van der Waals surface area contributed by atoms with Gasteiger partial charge in [-0.3, -0.25) is 4.79 Å². The summed E-state index contributed by atoms with van der Waals surface area (Å²) in [6, 6.07) is 1.82. The van der Waals surface area contributed by atoms with E-state index in [0.717, 1.165) is 12.1 Å². The fourth-order valence-electron chi connectivity index (χ4n) is 1.15. The Morgan fingerprint density at radius 1 is 1.25 bits per heavy atom. The van der Waals surface area contributed by atoms with E-state index < -0.39 is 23.4 Å². The zero-order chi connectivity index (χ0) is 12.1. The molecule has 0 aliphatic carbocycles. The lowest BCUT2D eigenvalue weighted by atomic mass is 10.1. The van der Waals surface area contributed by atoms with Crippen molar-refractivity contribution in [2.45, 2.75) is 6.42 Å². The van der Waals surface area contributed by atoms with Crippen LogP contribution in [0.2, 0.25) is 0 Å². The Bertz CT molecular complexity index is 396. The number of carbonyl (C=O) groups excluding carboxylic acids is 1. The van der Waals surface area contributed by atoms with E-state index in [1.165, 1.54) is 0 Å². The normalized spacial score (nSPS) is 10.2. The van der Waals surface area contributed by atoms with Crippen molar-refractivity contribution in [3.63, 3.8) is 0 Å². The minimum atomic E-state index is -1.57. The Labute approximate surface area is 90.4 Å². The van der Waals surface area contributed by atoms with Gasteiger partial charge in [0.25, 0.3) is 0 Å². The van der Waals surface area contributed by atoms with Gasteiger partial charge >= 0.3 is 0 Å². The number of nitrogens with two attached hydrogens (primary N) is 1. The van der Waals surface area contributed by atoms with Gasteiger partial charge in [0.05, 0.1) is 6.42 Å². The molecule has 3 N–H and O–H groups in total. The van der Waals surface area contributed by atoms with E-state index in [9.17, 15) is 18.0 Å². The van der Waals surface area contributed by atoms with E-state index >= 15 is 0 Å². The summed E-state index contributed by atoms with van der Waals surface area (Å²) in [5.74, 6) is -4.66. The van der Waals surface area contributed by atoms with Crippen molar-refractivity contribution in [1.82, 2.24) is 5.32 Å². The summed E-state index contributed by atoms with van der Waals surface area (Å²) in [4.78, 5) is 11.2. The first-order chi connectivity index (χ1) is 7.56. The summed E-state index contributed by atoms with van der Waals surface area (Å²) >= 11 is 0. The van der Waals surface area contributed by atoms with Crippen molar-refractivity contribution in [3.05, 3.63) is 35.1 Å². The molecule has 0 spiro atoms. The quantitative estimate of drug-likeness (QED) is 0.751. The number of hydrogen-bond acceptors (Lipinski definition) is 2. The number of hydrogen-bond donors (Lipinski definition) is 2. The second kappa shape index (κ2) is 5.50. The summed E-state index contributed by atoms with van der Waals surface area (Å²) in [7, 11) is 0. The van der Waals surface area contributed by atoms with Crippen LogP contribution >= 0.6 is 0 Å². The lowest BCUT2D eigenvalue weighted by Crippen LogP contribution is -2.30. The third kappa shape index (κ3) is 2.96. The van der Waals surface area contributed by atoms with E-state index in [1.807, 2.05) is 0 Å². The fourth-order valence-corrected chi connectivity index (χ4v) is 1.15. The standard InChI is InChI=1S/C10H11F3N2O/c11-7-2-1-6(9(12)10(7)13)5-8(16)15-4-3-14/h1-2H,3-5,14H2,(H,15,16). The molecule has 0 radical (unpaired) electrons. The molecule has 0 bridgehead atoms. The number of rotatable bonds is 4. The predicted octanol–water partition coefficient (Wildman–Crippen LogP) is 0.721. The third-order valence-electron chi connectivity index (χ3n) is 1.93. The number of amides is 1. The van der Waals surface area contributed by atoms with Gasteiger partial charge in [-0.05, 0) is 6.07 Å². The van der Waals surface area contributed by atoms with Crippen LogP contribution < -0.4 is 11.1 Å². The topological polar surface area (TPSA) is 55.1 Å². The molecule has 6 heteroatoms. The summed E-state index contributed by atoms with van der Waals surface area (Å²) in [6.07, 6.45) is -0.344. The van der Waals surface area contributed by atoms with Crippen LogP contribution in [-0.2, 0) is 11.2 Å². The van der Waals surface area contributed by atoms with Crippen molar-refractivity contribution in [2.24, 2.45) is 5.73 Å². The molecular formula is C10H11F3N2O. The second-order valence-electron chi connectivity index (χ2n) is 3.15. The van der Waals surface area contributed by atoms with Crippen LogP contribution in [0.1, 0.15) is 5.56 Å². The van der Waals surface area contributed by atoms with Gasteiger partial charge in [0.15, 0.2) is 17.5 Å². The summed E-state index contributed by atoms with van der Waals surface area (Å²) < 4.78 is 38.5. The Kier molecular flexibility index (Phi) is 4.30. The number of halogens is 3. The zero-order valence-corrected chi connectivity index (χ0v) is 8.40. The molecule has 1 aromatic carbocycles. The van der Waals surface area contributed by atoms with E-state index in [1.54, 1.807) is 0 Å². The highest BCUT2D eigenvalue weighted by Gasteiger charge is 2.15. The second-order valence-corrected chi connectivity index (χ2v) is 3.15. The molecule has 1 aromatic rings. The number of carbonyl (C=O) groups is 1. The van der Waals surface area contributed by atoms with E-state index in [2.05, 4.69) is 5.32 Å². The first kappa shape index (κ1) is 12.5. The fraction of sp³-hybridized carbons (Fsp3) is 0.300. The number of nitrogens with one attached hydrogen (secondary N) is 1. The first-order valence-electron chi connectivity index (χ1n) is 4.65. The van der Waals surface area contributed by atoms with Crippen LogP contribution in [0.15, 0.2) is 12.1 Å². The Hall–Kier alpha value is -1.56. The predicted molar refractivity (Wildman–Crippen MR) is 52.1 cm³/mol. The van der Waals surface area contributed by atoms with Gasteiger partial charge in [-0.25, -0.2) is 13.2 Å². The highest BCUT2D eigenvalue weighted by atomic mass is 19.2. The van der Waals surface area contributed by atoms with Crippen LogP contribution in [0.5, 0.6) is 0 Å². The Balaban J connectivity index is 2.74. The minimum Gasteiger partial charge on any atom is -0.355 e. The highest BCUT2D eigenvalue weighted by molar-refractivity contribution is 5.78. The molecule has 0 aliphatic rings. The average Bonchev–Trinajstić information content (AvgIpc) is 2.27. The van der Waals surface area contributed by atoms with Crippen LogP contribution in [0.25, 0.3) is 0 Å². The largest absolute Gasteiger partial charge is 0.355 e. The minimum absolute atomic E-state index is 0.187. The molecule has 88 valence electrons. The molecule has 0 unspecified atom stereocenters. The van der Waals surface area contributed by atoms with Gasteiger partial charge in [0, 0.05) is 18.7 Å². The van der Waals surface area contributed by atoms with Crippen molar-refractivity contribution >= 4 is 5.91 Å². The molecule has 0 aromatic heterocycles. The molecule has 16 heavy (non-hydrogen) atoms. The number of benzene rings is 1. The third-order valence-corrected chi connectivity index (χ3v) is 1.93. The maximum absolute atomic E-state index is 13.1. The zero-order valence-electron chi connectivity index (χ0n) is 8.40. The van der Waals surface area contributed by atoms with Crippen LogP contribution in [0, 0.1) is 17.5 Å². The van der Waals surface area contributed by atoms with Crippen LogP contribution in [0.3, 0.4) is 0 Å². The summed E-state index contributed by atoms with van der Waals surface area (Å²) in [5.41, 5.74) is 4.96. The van der Waals surface area contributed by atoms with E-state index in [4.69, 9.17) is 5.73 Å². The highest BCUT2D eigenvalue weighted by Crippen LogP contribution is 2.15. The first-order valence-corrected chi connectivity index (χ1v) is 4.65. The van der Waals surface area contributed by atoms with Crippen molar-refractivity contribution in [2.75, 3.05) is 13.1 Å². The van der Waals surface area contributed by atoms with Crippen molar-refractivity contribution in [1.29, 1.82) is 0 Å². The maximum Gasteiger partial charge on any atom is 0.224 e. The van der Waals surface area contributed by atoms with Gasteiger partial charge in [-0.15, -0.1) is 0 Å². The molecule has 0 fully saturated rings. The van der Waals surface area contributed by atoms with Gasteiger partial charge in [-0.2, -0.15) is 0 Å².